The zero-order chi connectivity index (χ0) is 22.5. The highest BCUT2D eigenvalue weighted by Gasteiger charge is 2.23. The summed E-state index contributed by atoms with van der Waals surface area (Å²) in [6.07, 6.45) is 2.81. The van der Waals surface area contributed by atoms with Crippen LogP contribution >= 0.6 is 0 Å². The number of fused-ring (bicyclic) bond motifs is 1. The van der Waals surface area contributed by atoms with E-state index < -0.39 is 11.5 Å². The first kappa shape index (κ1) is 21.1. The molecule has 0 unspecified atom stereocenters. The Bertz CT molecular complexity index is 1270. The fraction of sp³-hybridized carbons (Fsp3) is 0.217. The van der Waals surface area contributed by atoms with Crippen molar-refractivity contribution in [2.24, 2.45) is 0 Å². The van der Waals surface area contributed by atoms with Crippen molar-refractivity contribution in [3.8, 4) is 23.4 Å². The van der Waals surface area contributed by atoms with E-state index >= 15 is 0 Å². The van der Waals surface area contributed by atoms with Crippen LogP contribution in [0.5, 0.6) is 17.4 Å². The van der Waals surface area contributed by atoms with Gasteiger partial charge in [-0.1, -0.05) is 6.07 Å². The third-order valence-electron chi connectivity index (χ3n) is 4.95. The van der Waals surface area contributed by atoms with Crippen molar-refractivity contribution in [1.82, 2.24) is 14.3 Å². The smallest absolute Gasteiger partial charge is 0.269 e. The van der Waals surface area contributed by atoms with Crippen molar-refractivity contribution in [3.63, 3.8) is 0 Å². The molecule has 3 aromatic rings. The Morgan fingerprint density at radius 1 is 1.16 bits per heavy atom. The van der Waals surface area contributed by atoms with E-state index in [4.69, 9.17) is 14.2 Å². The maximum absolute atomic E-state index is 13.2. The zero-order valence-corrected chi connectivity index (χ0v) is 17.4. The minimum atomic E-state index is -0.469. The summed E-state index contributed by atoms with van der Waals surface area (Å²) in [6.45, 7) is 1.55. The second kappa shape index (κ2) is 9.32. The average molecular weight is 432 g/mol. The van der Waals surface area contributed by atoms with Gasteiger partial charge in [0.1, 0.15) is 34.4 Å². The van der Waals surface area contributed by atoms with Gasteiger partial charge in [0.25, 0.3) is 11.5 Å². The predicted octanol–water partition coefficient (Wildman–Crippen LogP) is 2.26. The molecule has 0 bridgehead atoms. The molecular weight excluding hydrogens is 412 g/mol. The normalized spacial score (nSPS) is 14.1. The number of rotatable bonds is 5. The number of nitriles is 1. The number of nitrogens with zero attached hydrogens (tertiary/aromatic N) is 4. The Hall–Kier alpha value is -4.16. The van der Waals surface area contributed by atoms with E-state index in [1.165, 1.54) is 15.4 Å². The first-order chi connectivity index (χ1) is 15.6. The van der Waals surface area contributed by atoms with Crippen LogP contribution in [0.25, 0.3) is 11.7 Å². The van der Waals surface area contributed by atoms with Gasteiger partial charge >= 0.3 is 0 Å². The second-order valence-corrected chi connectivity index (χ2v) is 6.92. The van der Waals surface area contributed by atoms with E-state index in [0.717, 1.165) is 0 Å². The number of carbonyl (C=O) groups is 1. The molecule has 0 atom stereocenters. The van der Waals surface area contributed by atoms with Crippen molar-refractivity contribution in [2.45, 2.75) is 0 Å². The summed E-state index contributed by atoms with van der Waals surface area (Å²) in [5.74, 6) is 0.593. The summed E-state index contributed by atoms with van der Waals surface area (Å²) in [5.41, 5.74) is -0.262. The van der Waals surface area contributed by atoms with E-state index in [9.17, 15) is 14.9 Å². The molecule has 1 fully saturated rings. The lowest BCUT2D eigenvalue weighted by atomic mass is 10.1. The van der Waals surface area contributed by atoms with Crippen LogP contribution < -0.4 is 15.0 Å². The molecule has 9 nitrogen and oxygen atoms in total. The van der Waals surface area contributed by atoms with Gasteiger partial charge in [-0.15, -0.1) is 0 Å². The van der Waals surface area contributed by atoms with Crippen molar-refractivity contribution in [1.29, 1.82) is 5.26 Å². The fourth-order valence-corrected chi connectivity index (χ4v) is 3.26. The minimum absolute atomic E-state index is 0.00248. The molecule has 0 radical (unpaired) electrons. The van der Waals surface area contributed by atoms with Crippen molar-refractivity contribution >= 4 is 17.6 Å². The number of aromatic nitrogens is 2. The highest BCUT2D eigenvalue weighted by molar-refractivity contribution is 6.02. The summed E-state index contributed by atoms with van der Waals surface area (Å²) in [6, 6.07) is 13.8. The molecular formula is C23H20N4O5. The third kappa shape index (κ3) is 4.31. The van der Waals surface area contributed by atoms with E-state index in [-0.39, 0.29) is 17.0 Å². The molecule has 1 aromatic carbocycles. The molecule has 162 valence electrons. The Morgan fingerprint density at radius 3 is 2.56 bits per heavy atom. The monoisotopic (exact) mass is 432 g/mol. The standard InChI is InChI=1S/C23H20N4O5/c1-30-17-5-7-18(8-6-17)32-21-19(23(29)27-9-3-2-4-20(27)25-21)14-16(15-24)22(28)26-10-12-31-13-11-26/h2-9,14H,10-13H2,1H3. The number of hydrogen-bond donors (Lipinski definition) is 0. The lowest BCUT2D eigenvalue weighted by Crippen LogP contribution is -2.41. The number of carbonyl (C=O) groups excluding carboxylic acids is 1. The average Bonchev–Trinajstić information content (AvgIpc) is 2.84. The van der Waals surface area contributed by atoms with E-state index in [1.54, 1.807) is 55.8 Å². The van der Waals surface area contributed by atoms with Crippen LogP contribution in [0.4, 0.5) is 0 Å². The van der Waals surface area contributed by atoms with Gasteiger partial charge in [0.2, 0.25) is 5.88 Å². The summed E-state index contributed by atoms with van der Waals surface area (Å²) in [7, 11) is 1.56. The van der Waals surface area contributed by atoms with Gasteiger partial charge in [-0.05, 0) is 42.5 Å². The summed E-state index contributed by atoms with van der Waals surface area (Å²) in [5, 5.41) is 9.65. The first-order valence-corrected chi connectivity index (χ1v) is 9.93. The molecule has 1 saturated heterocycles. The molecule has 4 rings (SSSR count). The Labute approximate surface area is 183 Å². The van der Waals surface area contributed by atoms with Crippen molar-refractivity contribution in [2.75, 3.05) is 33.4 Å². The molecule has 1 amide bonds. The number of amides is 1. The van der Waals surface area contributed by atoms with E-state index in [0.29, 0.717) is 43.4 Å². The van der Waals surface area contributed by atoms with Crippen molar-refractivity contribution in [3.05, 3.63) is 70.2 Å². The molecule has 2 aromatic heterocycles. The molecule has 0 N–H and O–H groups in total. The minimum Gasteiger partial charge on any atom is -0.497 e. The van der Waals surface area contributed by atoms with Crippen molar-refractivity contribution < 1.29 is 19.0 Å². The van der Waals surface area contributed by atoms with E-state index in [2.05, 4.69) is 4.98 Å². The van der Waals surface area contributed by atoms with Crippen LogP contribution in [0, 0.1) is 11.3 Å². The third-order valence-corrected chi connectivity index (χ3v) is 4.95. The summed E-state index contributed by atoms with van der Waals surface area (Å²) < 4.78 is 17.6. The van der Waals surface area contributed by atoms with Gasteiger partial charge in [0.15, 0.2) is 0 Å². The predicted molar refractivity (Wildman–Crippen MR) is 116 cm³/mol. The van der Waals surface area contributed by atoms with Gasteiger partial charge in [0.05, 0.1) is 20.3 Å². The van der Waals surface area contributed by atoms with Crippen LogP contribution in [0.2, 0.25) is 0 Å². The van der Waals surface area contributed by atoms with Crippen LogP contribution in [0.1, 0.15) is 5.56 Å². The van der Waals surface area contributed by atoms with Gasteiger partial charge < -0.3 is 19.1 Å². The summed E-state index contributed by atoms with van der Waals surface area (Å²) in [4.78, 5) is 32.0. The van der Waals surface area contributed by atoms with Crippen LogP contribution in [-0.4, -0.2) is 53.6 Å². The molecule has 9 heteroatoms. The zero-order valence-electron chi connectivity index (χ0n) is 17.4. The van der Waals surface area contributed by atoms with Gasteiger partial charge in [-0.25, -0.2) is 0 Å². The Kier molecular flexibility index (Phi) is 6.14. The molecule has 0 aliphatic carbocycles. The highest BCUT2D eigenvalue weighted by atomic mass is 16.5. The first-order valence-electron chi connectivity index (χ1n) is 9.93. The lowest BCUT2D eigenvalue weighted by Gasteiger charge is -2.26. The van der Waals surface area contributed by atoms with Gasteiger partial charge in [0, 0.05) is 19.3 Å². The Balaban J connectivity index is 1.80. The van der Waals surface area contributed by atoms with E-state index in [1.807, 2.05) is 6.07 Å². The maximum atomic E-state index is 13.2. The fourth-order valence-electron chi connectivity index (χ4n) is 3.26. The number of benzene rings is 1. The van der Waals surface area contributed by atoms with Gasteiger partial charge in [-0.2, -0.15) is 10.2 Å². The quantitative estimate of drug-likeness (QED) is 0.450. The number of hydrogen-bond acceptors (Lipinski definition) is 7. The SMILES string of the molecule is COc1ccc(Oc2nc3ccccn3c(=O)c2C=C(C#N)C(=O)N2CCOCC2)cc1. The molecule has 1 aliphatic heterocycles. The topological polar surface area (TPSA) is 106 Å². The molecule has 3 heterocycles. The molecule has 32 heavy (non-hydrogen) atoms. The van der Waals surface area contributed by atoms with Crippen LogP contribution in [0.3, 0.4) is 0 Å². The molecule has 0 spiro atoms. The molecule has 0 saturated carbocycles. The maximum Gasteiger partial charge on any atom is 0.269 e. The number of morpholine rings is 1. The largest absolute Gasteiger partial charge is 0.497 e. The number of pyridine rings is 1. The van der Waals surface area contributed by atoms with Crippen LogP contribution in [0.15, 0.2) is 59.0 Å². The summed E-state index contributed by atoms with van der Waals surface area (Å²) >= 11 is 0. The van der Waals surface area contributed by atoms with Gasteiger partial charge in [-0.3, -0.25) is 14.0 Å². The lowest BCUT2D eigenvalue weighted by molar-refractivity contribution is -0.130. The Morgan fingerprint density at radius 2 is 1.88 bits per heavy atom. The number of methoxy groups -OCH3 is 1. The van der Waals surface area contributed by atoms with Crippen LogP contribution in [-0.2, 0) is 9.53 Å². The second-order valence-electron chi connectivity index (χ2n) is 6.92. The molecule has 1 aliphatic rings. The highest BCUT2D eigenvalue weighted by Crippen LogP contribution is 2.26. The number of ether oxygens (including phenoxy) is 3.